The van der Waals surface area contributed by atoms with Gasteiger partial charge in [-0.3, -0.25) is 9.69 Å². The summed E-state index contributed by atoms with van der Waals surface area (Å²) in [4.78, 5) is 18.4. The Morgan fingerprint density at radius 2 is 2.19 bits per heavy atom. The van der Waals surface area contributed by atoms with Gasteiger partial charge in [-0.1, -0.05) is 0 Å². The van der Waals surface area contributed by atoms with E-state index in [4.69, 9.17) is 0 Å². The fourth-order valence-electron chi connectivity index (χ4n) is 2.55. The van der Waals surface area contributed by atoms with Crippen LogP contribution in [0.4, 0.5) is 5.13 Å². The Labute approximate surface area is 136 Å². The number of likely N-dealkylation sites (tertiary alicyclic amines) is 1. The van der Waals surface area contributed by atoms with Gasteiger partial charge >= 0.3 is 0 Å². The van der Waals surface area contributed by atoms with E-state index in [1.807, 2.05) is 19.4 Å². The predicted molar refractivity (Wildman–Crippen MR) is 90.4 cm³/mol. The Kier molecular flexibility index (Phi) is 8.18. The molecule has 1 amide bonds. The number of thiazole rings is 1. The van der Waals surface area contributed by atoms with Gasteiger partial charge in [-0.25, -0.2) is 4.98 Å². The molecule has 1 aromatic rings. The molecule has 2 N–H and O–H groups in total. The van der Waals surface area contributed by atoms with Crippen LogP contribution in [0.15, 0.2) is 5.38 Å². The Bertz CT molecular complexity index is 432. The van der Waals surface area contributed by atoms with Crippen molar-refractivity contribution in [3.63, 3.8) is 0 Å². The van der Waals surface area contributed by atoms with Crippen molar-refractivity contribution in [1.82, 2.24) is 15.2 Å². The van der Waals surface area contributed by atoms with E-state index in [9.17, 15) is 4.79 Å². The van der Waals surface area contributed by atoms with Crippen LogP contribution in [0.5, 0.6) is 0 Å². The number of amides is 1. The first-order valence-corrected chi connectivity index (χ1v) is 8.14. The number of aryl methyl sites for hydroxylation is 1. The first kappa shape index (κ1) is 18.4. The zero-order valence-electron chi connectivity index (χ0n) is 12.7. The van der Waals surface area contributed by atoms with E-state index in [1.165, 1.54) is 30.6 Å². The van der Waals surface area contributed by atoms with E-state index < -0.39 is 0 Å². The molecule has 1 aliphatic rings. The van der Waals surface area contributed by atoms with Gasteiger partial charge in [0, 0.05) is 5.38 Å². The van der Waals surface area contributed by atoms with Crippen LogP contribution in [0, 0.1) is 12.8 Å². The van der Waals surface area contributed by atoms with Gasteiger partial charge in [-0.2, -0.15) is 0 Å². The van der Waals surface area contributed by atoms with Crippen LogP contribution in [-0.4, -0.2) is 49.0 Å². The van der Waals surface area contributed by atoms with Crippen molar-refractivity contribution in [3.05, 3.63) is 11.1 Å². The average molecular weight is 333 g/mol. The number of aromatic nitrogens is 1. The van der Waals surface area contributed by atoms with Crippen molar-refractivity contribution < 1.29 is 4.79 Å². The largest absolute Gasteiger partial charge is 0.320 e. The maximum atomic E-state index is 11.9. The summed E-state index contributed by atoms with van der Waals surface area (Å²) >= 11 is 1.48. The highest BCUT2D eigenvalue weighted by molar-refractivity contribution is 7.13. The molecule has 1 aliphatic heterocycles. The molecule has 21 heavy (non-hydrogen) atoms. The monoisotopic (exact) mass is 332 g/mol. The van der Waals surface area contributed by atoms with Gasteiger partial charge in [-0.05, 0) is 58.8 Å². The van der Waals surface area contributed by atoms with Crippen molar-refractivity contribution in [2.45, 2.75) is 26.2 Å². The molecule has 5 nitrogen and oxygen atoms in total. The SMILES string of the molecule is CNCCC1CCN(CC(=O)Nc2nc(C)cs2)CC1.Cl. The molecule has 1 saturated heterocycles. The molecule has 0 radical (unpaired) electrons. The summed E-state index contributed by atoms with van der Waals surface area (Å²) in [5, 5.41) is 8.73. The van der Waals surface area contributed by atoms with Gasteiger partial charge in [0.2, 0.25) is 5.91 Å². The fraction of sp³-hybridized carbons (Fsp3) is 0.714. The van der Waals surface area contributed by atoms with Gasteiger partial charge < -0.3 is 10.6 Å². The van der Waals surface area contributed by atoms with Crippen molar-refractivity contribution in [2.75, 3.05) is 38.5 Å². The lowest BCUT2D eigenvalue weighted by Crippen LogP contribution is -2.39. The lowest BCUT2D eigenvalue weighted by Gasteiger charge is -2.31. The quantitative estimate of drug-likeness (QED) is 0.838. The van der Waals surface area contributed by atoms with Crippen LogP contribution in [-0.2, 0) is 4.79 Å². The van der Waals surface area contributed by atoms with E-state index >= 15 is 0 Å². The summed E-state index contributed by atoms with van der Waals surface area (Å²) in [6.07, 6.45) is 3.64. The van der Waals surface area contributed by atoms with Crippen LogP contribution >= 0.6 is 23.7 Å². The Hall–Kier alpha value is -0.690. The predicted octanol–water partition coefficient (Wildman–Crippen LogP) is 2.13. The molecule has 0 atom stereocenters. The highest BCUT2D eigenvalue weighted by atomic mass is 35.5. The van der Waals surface area contributed by atoms with Crippen molar-refractivity contribution in [2.24, 2.45) is 5.92 Å². The summed E-state index contributed by atoms with van der Waals surface area (Å²) in [5.74, 6) is 0.858. The van der Waals surface area contributed by atoms with E-state index in [2.05, 4.69) is 20.5 Å². The number of nitrogens with zero attached hydrogens (tertiary/aromatic N) is 2. The Morgan fingerprint density at radius 1 is 1.48 bits per heavy atom. The third-order valence-corrected chi connectivity index (χ3v) is 4.62. The highest BCUT2D eigenvalue weighted by Gasteiger charge is 2.20. The fourth-order valence-corrected chi connectivity index (χ4v) is 3.26. The first-order chi connectivity index (χ1) is 9.67. The number of hydrogen-bond acceptors (Lipinski definition) is 5. The average Bonchev–Trinajstić information content (AvgIpc) is 2.83. The molecule has 0 spiro atoms. The van der Waals surface area contributed by atoms with E-state index in [-0.39, 0.29) is 18.3 Å². The second kappa shape index (κ2) is 9.35. The number of carbonyl (C=O) groups is 1. The van der Waals surface area contributed by atoms with E-state index in [0.717, 1.165) is 31.2 Å². The minimum Gasteiger partial charge on any atom is -0.320 e. The maximum absolute atomic E-state index is 11.9. The van der Waals surface area contributed by atoms with E-state index in [1.54, 1.807) is 0 Å². The number of carbonyl (C=O) groups excluding carboxylic acids is 1. The second-order valence-electron chi connectivity index (χ2n) is 5.45. The number of piperidine rings is 1. The molecular formula is C14H25ClN4OS. The molecule has 7 heteroatoms. The van der Waals surface area contributed by atoms with Crippen LogP contribution in [0.1, 0.15) is 25.0 Å². The minimum absolute atomic E-state index is 0. The normalized spacial score (nSPS) is 16.5. The third kappa shape index (κ3) is 6.30. The molecule has 1 aromatic heterocycles. The molecule has 0 unspecified atom stereocenters. The second-order valence-corrected chi connectivity index (χ2v) is 6.31. The van der Waals surface area contributed by atoms with Crippen LogP contribution in [0.25, 0.3) is 0 Å². The smallest absolute Gasteiger partial charge is 0.240 e. The minimum atomic E-state index is 0. The van der Waals surface area contributed by atoms with Crippen molar-refractivity contribution in [3.8, 4) is 0 Å². The topological polar surface area (TPSA) is 57.3 Å². The molecule has 1 fully saturated rings. The Balaban J connectivity index is 0.00000220. The molecule has 0 saturated carbocycles. The first-order valence-electron chi connectivity index (χ1n) is 7.26. The molecule has 0 bridgehead atoms. The lowest BCUT2D eigenvalue weighted by molar-refractivity contribution is -0.117. The molecular weight excluding hydrogens is 308 g/mol. The Morgan fingerprint density at radius 3 is 2.76 bits per heavy atom. The zero-order chi connectivity index (χ0) is 14.4. The summed E-state index contributed by atoms with van der Waals surface area (Å²) in [6.45, 7) is 5.56. The highest BCUT2D eigenvalue weighted by Crippen LogP contribution is 2.20. The summed E-state index contributed by atoms with van der Waals surface area (Å²) in [6, 6.07) is 0. The zero-order valence-corrected chi connectivity index (χ0v) is 14.4. The van der Waals surface area contributed by atoms with Gasteiger partial charge in [0.1, 0.15) is 0 Å². The summed E-state index contributed by atoms with van der Waals surface area (Å²) in [5.41, 5.74) is 0.954. The molecule has 120 valence electrons. The number of halogens is 1. The molecule has 2 heterocycles. The van der Waals surface area contributed by atoms with Gasteiger partial charge in [0.25, 0.3) is 0 Å². The van der Waals surface area contributed by atoms with Crippen LogP contribution in [0.2, 0.25) is 0 Å². The standard InChI is InChI=1S/C14H24N4OS.ClH/c1-11-10-20-14(16-11)17-13(19)9-18-7-4-12(5-8-18)3-6-15-2;/h10,12,15H,3-9H2,1-2H3,(H,16,17,19);1H. The number of rotatable bonds is 6. The van der Waals surface area contributed by atoms with Gasteiger partial charge in [-0.15, -0.1) is 23.7 Å². The number of hydrogen-bond donors (Lipinski definition) is 2. The summed E-state index contributed by atoms with van der Waals surface area (Å²) in [7, 11) is 2.00. The van der Waals surface area contributed by atoms with Crippen LogP contribution in [0.3, 0.4) is 0 Å². The molecule has 0 aliphatic carbocycles. The van der Waals surface area contributed by atoms with E-state index in [0.29, 0.717) is 11.7 Å². The summed E-state index contributed by atoms with van der Waals surface area (Å²) < 4.78 is 0. The van der Waals surface area contributed by atoms with Crippen molar-refractivity contribution >= 4 is 34.8 Å². The number of anilines is 1. The number of nitrogens with one attached hydrogen (secondary N) is 2. The lowest BCUT2D eigenvalue weighted by atomic mass is 9.93. The van der Waals surface area contributed by atoms with Crippen LogP contribution < -0.4 is 10.6 Å². The molecule has 2 rings (SSSR count). The van der Waals surface area contributed by atoms with Gasteiger partial charge in [0.15, 0.2) is 5.13 Å². The van der Waals surface area contributed by atoms with Gasteiger partial charge in [0.05, 0.1) is 12.2 Å². The molecule has 0 aromatic carbocycles. The van der Waals surface area contributed by atoms with Crippen molar-refractivity contribution in [1.29, 1.82) is 0 Å². The maximum Gasteiger partial charge on any atom is 0.240 e. The third-order valence-electron chi connectivity index (χ3n) is 3.74.